The number of rotatable bonds is 9. The van der Waals surface area contributed by atoms with Gasteiger partial charge in [0.2, 0.25) is 0 Å². The molecule has 4 rings (SSSR count). The van der Waals surface area contributed by atoms with Crippen LogP contribution in [0.15, 0.2) is 60.2 Å². The molecule has 0 saturated carbocycles. The monoisotopic (exact) mass is 585 g/mol. The first-order chi connectivity index (χ1) is 15.5. The number of unbranched alkanes of at least 4 members (excludes halogenated alkanes) is 3. The zero-order valence-electron chi connectivity index (χ0n) is 21.2. The molecule has 0 N–H and O–H groups in total. The Morgan fingerprint density at radius 2 is 1.62 bits per heavy atom. The number of hydrogen-bond acceptors (Lipinski definition) is 0. The summed E-state index contributed by atoms with van der Waals surface area (Å²) in [7, 11) is 0. The van der Waals surface area contributed by atoms with Crippen molar-refractivity contribution in [2.24, 2.45) is 0 Å². The zero-order valence-corrected chi connectivity index (χ0v) is 26.2. The van der Waals surface area contributed by atoms with Gasteiger partial charge in [0.05, 0.1) is 0 Å². The van der Waals surface area contributed by atoms with Crippen LogP contribution in [0.3, 0.4) is 0 Å². The van der Waals surface area contributed by atoms with E-state index in [0.717, 1.165) is 3.63 Å². The molecule has 0 amide bonds. The molecule has 179 valence electrons. The minimum absolute atomic E-state index is 0. The fourth-order valence-corrected chi connectivity index (χ4v) is 13.8. The molecule has 0 saturated heterocycles. The largest absolute Gasteiger partial charge is 1.00 e. The van der Waals surface area contributed by atoms with Crippen molar-refractivity contribution in [3.8, 4) is 11.1 Å². The molecule has 4 heteroatoms. The first kappa shape index (κ1) is 29.6. The Morgan fingerprint density at radius 3 is 2.29 bits per heavy atom. The molecule has 1 atom stereocenters. The summed E-state index contributed by atoms with van der Waals surface area (Å²) in [6.07, 6.45) is 9.38. The maximum Gasteiger partial charge on any atom is -1.00 e. The number of fused-ring (bicyclic) bond motifs is 2. The first-order valence-electron chi connectivity index (χ1n) is 12.4. The van der Waals surface area contributed by atoms with E-state index in [-0.39, 0.29) is 30.7 Å². The van der Waals surface area contributed by atoms with Crippen LogP contribution in [0.5, 0.6) is 0 Å². The smallest absolute Gasteiger partial charge is 1.00 e. The Hall–Kier alpha value is -0.660. The van der Waals surface area contributed by atoms with Gasteiger partial charge in [0.1, 0.15) is 0 Å². The summed E-state index contributed by atoms with van der Waals surface area (Å²) in [6.45, 7) is 12.1. The van der Waals surface area contributed by atoms with E-state index in [1.54, 1.807) is 16.7 Å². The number of benzene rings is 3. The number of allylic oxidation sites excluding steroid dienone is 1. The van der Waals surface area contributed by atoms with Gasteiger partial charge >= 0.3 is 209 Å². The van der Waals surface area contributed by atoms with Crippen molar-refractivity contribution in [3.05, 3.63) is 76.9 Å². The summed E-state index contributed by atoms with van der Waals surface area (Å²) >= 11 is -0.438. The van der Waals surface area contributed by atoms with Crippen LogP contribution in [0, 0.1) is 0 Å². The minimum Gasteiger partial charge on any atom is -1.00 e. The summed E-state index contributed by atoms with van der Waals surface area (Å²) in [5, 5.41) is 2.67. The standard InChI is InChI=1S/C28H31.C2H6Si.2ClH.Zr/c1-4-5-6-7-10-21-15-26-18-25(20(2)3)19-28(27(26)16-21)24-14-13-22-11-8-9-12-23(22)17-24;1-3-2;;;/h8-9,11-20H,4-7,10H2,1-3H3;1-2H3;2*1H;/q;;;;+2/p-2. The summed E-state index contributed by atoms with van der Waals surface area (Å²) in [4.78, 5) is 0. The van der Waals surface area contributed by atoms with Gasteiger partial charge < -0.3 is 24.8 Å². The topological polar surface area (TPSA) is 0 Å². The molecule has 0 fully saturated rings. The van der Waals surface area contributed by atoms with Crippen molar-refractivity contribution in [3.63, 3.8) is 0 Å². The van der Waals surface area contributed by atoms with E-state index in [1.807, 2.05) is 0 Å². The molecule has 1 unspecified atom stereocenters. The van der Waals surface area contributed by atoms with Gasteiger partial charge in [-0.3, -0.25) is 0 Å². The Balaban J connectivity index is 0.00000204. The van der Waals surface area contributed by atoms with Gasteiger partial charge in [-0.1, -0.05) is 0 Å². The normalized spacial score (nSPS) is 14.4. The predicted molar refractivity (Wildman–Crippen MR) is 140 cm³/mol. The third kappa shape index (κ3) is 6.76. The second-order valence-corrected chi connectivity index (χ2v) is 23.1. The van der Waals surface area contributed by atoms with Crippen LogP contribution >= 0.6 is 0 Å². The van der Waals surface area contributed by atoms with E-state index in [4.69, 9.17) is 0 Å². The van der Waals surface area contributed by atoms with E-state index in [2.05, 4.69) is 94.5 Å². The second-order valence-electron chi connectivity index (χ2n) is 9.90. The van der Waals surface area contributed by atoms with Crippen LogP contribution < -0.4 is 24.8 Å². The fourth-order valence-electron chi connectivity index (χ4n) is 4.93. The van der Waals surface area contributed by atoms with E-state index >= 15 is 0 Å². The SMILES string of the molecule is CCCCCCC1=Cc2c(-c3ccc4ccccc4c3)cc(C(C)C)cc2[CH]1[Zr+2][Si](C)C.[Cl-].[Cl-]. The summed E-state index contributed by atoms with van der Waals surface area (Å²) in [6, 6.07) is 20.9. The van der Waals surface area contributed by atoms with E-state index < -0.39 is 22.4 Å². The molecule has 0 bridgehead atoms. The molecule has 1 aliphatic carbocycles. The van der Waals surface area contributed by atoms with E-state index in [9.17, 15) is 0 Å². The molecule has 3 aromatic rings. The molecule has 0 aromatic heterocycles. The second kappa shape index (κ2) is 13.6. The Kier molecular flexibility index (Phi) is 11.8. The van der Waals surface area contributed by atoms with Crippen molar-refractivity contribution in [2.75, 3.05) is 0 Å². The molecule has 1 aliphatic rings. The van der Waals surface area contributed by atoms with Gasteiger partial charge in [0, 0.05) is 0 Å². The maximum atomic E-state index is 2.63. The van der Waals surface area contributed by atoms with Crippen LogP contribution in [-0.4, -0.2) is 5.92 Å². The summed E-state index contributed by atoms with van der Waals surface area (Å²) in [5.74, 6) is 0.427. The van der Waals surface area contributed by atoms with Gasteiger partial charge in [-0.15, -0.1) is 0 Å². The summed E-state index contributed by atoms with van der Waals surface area (Å²) < 4.78 is 0.803. The Labute approximate surface area is 232 Å². The predicted octanol–water partition coefficient (Wildman–Crippen LogP) is 3.38. The van der Waals surface area contributed by atoms with E-state index in [1.165, 1.54) is 59.6 Å². The Bertz CT molecular complexity index is 1120. The molecule has 0 aliphatic heterocycles. The summed E-state index contributed by atoms with van der Waals surface area (Å²) in [5.41, 5.74) is 9.36. The van der Waals surface area contributed by atoms with Gasteiger partial charge in [-0.05, 0) is 0 Å². The zero-order chi connectivity index (χ0) is 22.7. The van der Waals surface area contributed by atoms with Gasteiger partial charge in [-0.25, -0.2) is 0 Å². The van der Waals surface area contributed by atoms with Gasteiger partial charge in [0.25, 0.3) is 0 Å². The van der Waals surface area contributed by atoms with Crippen LogP contribution in [-0.2, 0) is 22.4 Å². The average molecular weight is 588 g/mol. The molecule has 3 aromatic carbocycles. The molecule has 0 nitrogen and oxygen atoms in total. The van der Waals surface area contributed by atoms with Crippen LogP contribution in [0.4, 0.5) is 0 Å². The van der Waals surface area contributed by atoms with Crippen LogP contribution in [0.2, 0.25) is 13.1 Å². The number of hydrogen-bond donors (Lipinski definition) is 0. The average Bonchev–Trinajstić information content (AvgIpc) is 3.12. The quantitative estimate of drug-likeness (QED) is 0.266. The first-order valence-corrected chi connectivity index (χ1v) is 20.0. The third-order valence-electron chi connectivity index (χ3n) is 6.73. The van der Waals surface area contributed by atoms with Crippen molar-refractivity contribution in [1.82, 2.24) is 0 Å². The maximum absolute atomic E-state index is 2.63. The van der Waals surface area contributed by atoms with Crippen molar-refractivity contribution in [1.29, 1.82) is 0 Å². The Morgan fingerprint density at radius 1 is 0.882 bits per heavy atom. The number of halogens is 2. The third-order valence-corrected chi connectivity index (χ3v) is 15.7. The van der Waals surface area contributed by atoms with Crippen LogP contribution in [0.1, 0.15) is 79.1 Å². The molecule has 0 heterocycles. The molecule has 34 heavy (non-hydrogen) atoms. The molecular weight excluding hydrogens is 551 g/mol. The molecule has 0 spiro atoms. The fraction of sp³-hybridized carbons (Fsp3) is 0.400. The van der Waals surface area contributed by atoms with Crippen molar-refractivity contribution in [2.45, 2.75) is 75.5 Å². The molecule has 1 radical (unpaired) electrons. The van der Waals surface area contributed by atoms with E-state index in [0.29, 0.717) is 5.92 Å². The van der Waals surface area contributed by atoms with Crippen molar-refractivity contribution < 1.29 is 47.2 Å². The van der Waals surface area contributed by atoms with Crippen molar-refractivity contribution >= 4 is 22.8 Å². The minimum atomic E-state index is -0.438. The van der Waals surface area contributed by atoms with Gasteiger partial charge in [0.15, 0.2) is 0 Å². The molecular formula is C30H37Cl2SiZr. The van der Waals surface area contributed by atoms with Gasteiger partial charge in [-0.2, -0.15) is 0 Å². The van der Waals surface area contributed by atoms with Crippen LogP contribution in [0.25, 0.3) is 28.0 Å².